The standard InChI is InChI=1S/C30H28N4O4/c1-2-6-23(15-16-31)24-11-14-28-32-27(19-34(28)18-24)29(35)33-26(30(36)37)17-21-9-12-25(13-10-21)38-20-22-7-4-3-5-8-22/h2-16,18-19,26H,1,17,20,31H2,(H,33,35)(H,36,37)/b16-15-,23-6+. The van der Waals surface area contributed by atoms with Crippen LogP contribution in [0.4, 0.5) is 0 Å². The second-order valence-corrected chi connectivity index (χ2v) is 8.51. The first-order valence-electron chi connectivity index (χ1n) is 12.0. The van der Waals surface area contributed by atoms with Gasteiger partial charge in [-0.25, -0.2) is 9.78 Å². The molecule has 8 heteroatoms. The molecule has 4 aromatic rings. The summed E-state index contributed by atoms with van der Waals surface area (Å²) in [5, 5.41) is 12.3. The average molecular weight is 509 g/mol. The van der Waals surface area contributed by atoms with E-state index in [1.165, 1.54) is 6.20 Å². The summed E-state index contributed by atoms with van der Waals surface area (Å²) in [4.78, 5) is 29.2. The van der Waals surface area contributed by atoms with Gasteiger partial charge in [-0.05, 0) is 58.8 Å². The van der Waals surface area contributed by atoms with E-state index >= 15 is 0 Å². The van der Waals surface area contributed by atoms with Crippen molar-refractivity contribution in [3.8, 4) is 5.75 Å². The molecule has 2 aromatic carbocycles. The molecule has 0 aliphatic rings. The number of fused-ring (bicyclic) bond motifs is 1. The predicted octanol–water partition coefficient (Wildman–Crippen LogP) is 4.38. The number of amides is 1. The third-order valence-electron chi connectivity index (χ3n) is 5.81. The molecule has 0 fully saturated rings. The van der Waals surface area contributed by atoms with Gasteiger partial charge in [0.25, 0.3) is 5.91 Å². The monoisotopic (exact) mass is 508 g/mol. The molecular weight excluding hydrogens is 480 g/mol. The highest BCUT2D eigenvalue weighted by molar-refractivity contribution is 5.95. The summed E-state index contributed by atoms with van der Waals surface area (Å²) >= 11 is 0. The van der Waals surface area contributed by atoms with E-state index in [1.807, 2.05) is 48.7 Å². The van der Waals surface area contributed by atoms with Crippen LogP contribution in [0, 0.1) is 0 Å². The molecule has 0 radical (unpaired) electrons. The summed E-state index contributed by atoms with van der Waals surface area (Å²) in [5.41, 5.74) is 9.69. The van der Waals surface area contributed by atoms with Gasteiger partial charge in [0.2, 0.25) is 0 Å². The SMILES string of the molecule is C=C/C=C(\C=C/N)c1ccc2nc(C(=O)NC(Cc3ccc(OCc4ccccc4)cc3)C(=O)O)cn2c1. The van der Waals surface area contributed by atoms with Crippen LogP contribution in [0.1, 0.15) is 27.2 Å². The number of pyridine rings is 1. The number of nitrogens with two attached hydrogens (primary N) is 1. The molecule has 2 aromatic heterocycles. The van der Waals surface area contributed by atoms with Crippen molar-refractivity contribution >= 4 is 23.1 Å². The number of carboxylic acids is 1. The maximum atomic E-state index is 12.9. The molecule has 4 N–H and O–H groups in total. The minimum absolute atomic E-state index is 0.110. The third kappa shape index (κ3) is 6.55. The Hall–Kier alpha value is -5.11. The van der Waals surface area contributed by atoms with Crippen LogP contribution in [0.25, 0.3) is 11.2 Å². The van der Waals surface area contributed by atoms with Crippen LogP contribution in [0.5, 0.6) is 5.75 Å². The van der Waals surface area contributed by atoms with Crippen molar-refractivity contribution in [1.29, 1.82) is 0 Å². The molecule has 0 spiro atoms. The van der Waals surface area contributed by atoms with Gasteiger partial charge < -0.3 is 25.3 Å². The number of nitrogens with zero attached hydrogens (tertiary/aromatic N) is 2. The number of hydrogen-bond donors (Lipinski definition) is 3. The van der Waals surface area contributed by atoms with E-state index in [9.17, 15) is 14.7 Å². The third-order valence-corrected chi connectivity index (χ3v) is 5.81. The lowest BCUT2D eigenvalue weighted by atomic mass is 10.1. The summed E-state index contributed by atoms with van der Waals surface area (Å²) < 4.78 is 7.49. The summed E-state index contributed by atoms with van der Waals surface area (Å²) in [7, 11) is 0. The number of aromatic nitrogens is 2. The van der Waals surface area contributed by atoms with Crippen molar-refractivity contribution < 1.29 is 19.4 Å². The van der Waals surface area contributed by atoms with Crippen LogP contribution in [0.2, 0.25) is 0 Å². The number of allylic oxidation sites excluding steroid dienone is 4. The highest BCUT2D eigenvalue weighted by Gasteiger charge is 2.23. The Labute approximate surface area is 220 Å². The summed E-state index contributed by atoms with van der Waals surface area (Å²) in [6.07, 6.45) is 10.1. The van der Waals surface area contributed by atoms with Gasteiger partial charge >= 0.3 is 5.97 Å². The van der Waals surface area contributed by atoms with Crippen LogP contribution in [-0.2, 0) is 17.8 Å². The van der Waals surface area contributed by atoms with E-state index in [0.717, 1.165) is 22.3 Å². The smallest absolute Gasteiger partial charge is 0.326 e. The van der Waals surface area contributed by atoms with Gasteiger partial charge in [0.1, 0.15) is 29.7 Å². The number of ether oxygens (including phenoxy) is 1. The van der Waals surface area contributed by atoms with Crippen molar-refractivity contribution in [1.82, 2.24) is 14.7 Å². The molecule has 0 aliphatic carbocycles. The van der Waals surface area contributed by atoms with E-state index in [2.05, 4.69) is 16.9 Å². The van der Waals surface area contributed by atoms with Crippen LogP contribution < -0.4 is 15.8 Å². The van der Waals surface area contributed by atoms with Gasteiger partial charge in [0, 0.05) is 18.8 Å². The Morgan fingerprint density at radius 3 is 2.50 bits per heavy atom. The van der Waals surface area contributed by atoms with E-state index in [0.29, 0.717) is 18.0 Å². The number of rotatable bonds is 11. The summed E-state index contributed by atoms with van der Waals surface area (Å²) in [6.45, 7) is 4.15. The molecule has 0 saturated carbocycles. The minimum Gasteiger partial charge on any atom is -0.489 e. The van der Waals surface area contributed by atoms with Crippen LogP contribution in [0.3, 0.4) is 0 Å². The number of hydrogen-bond acceptors (Lipinski definition) is 5. The van der Waals surface area contributed by atoms with Crippen molar-refractivity contribution in [2.75, 3.05) is 0 Å². The van der Waals surface area contributed by atoms with E-state index in [1.54, 1.807) is 53.1 Å². The maximum Gasteiger partial charge on any atom is 0.326 e. The van der Waals surface area contributed by atoms with Gasteiger partial charge in [-0.2, -0.15) is 0 Å². The molecule has 8 nitrogen and oxygen atoms in total. The Balaban J connectivity index is 1.42. The lowest BCUT2D eigenvalue weighted by Gasteiger charge is -2.14. The van der Waals surface area contributed by atoms with E-state index in [4.69, 9.17) is 10.5 Å². The normalized spacial score (nSPS) is 12.4. The van der Waals surface area contributed by atoms with Gasteiger partial charge in [-0.15, -0.1) is 0 Å². The second-order valence-electron chi connectivity index (χ2n) is 8.51. The van der Waals surface area contributed by atoms with Gasteiger partial charge in [0.15, 0.2) is 0 Å². The molecule has 0 bridgehead atoms. The predicted molar refractivity (Wildman–Crippen MR) is 147 cm³/mol. The molecular formula is C30H28N4O4. The lowest BCUT2D eigenvalue weighted by Crippen LogP contribution is -2.42. The first kappa shape index (κ1) is 26.0. The van der Waals surface area contributed by atoms with Crippen LogP contribution in [0.15, 0.2) is 110 Å². The van der Waals surface area contributed by atoms with E-state index in [-0.39, 0.29) is 12.1 Å². The largest absolute Gasteiger partial charge is 0.489 e. The molecule has 1 atom stereocenters. The zero-order valence-corrected chi connectivity index (χ0v) is 20.7. The van der Waals surface area contributed by atoms with Crippen molar-refractivity contribution in [2.24, 2.45) is 5.73 Å². The zero-order valence-electron chi connectivity index (χ0n) is 20.7. The van der Waals surface area contributed by atoms with Crippen molar-refractivity contribution in [3.63, 3.8) is 0 Å². The highest BCUT2D eigenvalue weighted by Crippen LogP contribution is 2.18. The average Bonchev–Trinajstić information content (AvgIpc) is 3.36. The minimum atomic E-state index is -1.14. The fourth-order valence-electron chi connectivity index (χ4n) is 3.88. The first-order valence-corrected chi connectivity index (χ1v) is 12.0. The fraction of sp³-hybridized carbons (Fsp3) is 0.100. The quantitative estimate of drug-likeness (QED) is 0.259. The molecule has 4 rings (SSSR count). The Morgan fingerprint density at radius 2 is 1.82 bits per heavy atom. The molecule has 1 amide bonds. The zero-order chi connectivity index (χ0) is 26.9. The molecule has 38 heavy (non-hydrogen) atoms. The van der Waals surface area contributed by atoms with Crippen LogP contribution >= 0.6 is 0 Å². The number of aliphatic carboxylic acids is 1. The molecule has 0 saturated heterocycles. The lowest BCUT2D eigenvalue weighted by molar-refractivity contribution is -0.139. The topological polar surface area (TPSA) is 119 Å². The first-order chi connectivity index (χ1) is 18.5. The highest BCUT2D eigenvalue weighted by atomic mass is 16.5. The molecule has 1 unspecified atom stereocenters. The number of imidazole rings is 1. The maximum absolute atomic E-state index is 12.9. The van der Waals surface area contributed by atoms with Gasteiger partial charge in [-0.3, -0.25) is 4.79 Å². The molecule has 2 heterocycles. The number of carbonyl (C=O) groups excluding carboxylic acids is 1. The Morgan fingerprint density at radius 1 is 1.05 bits per heavy atom. The van der Waals surface area contributed by atoms with E-state index < -0.39 is 17.9 Å². The van der Waals surface area contributed by atoms with Crippen molar-refractivity contribution in [2.45, 2.75) is 19.1 Å². The van der Waals surface area contributed by atoms with Crippen molar-refractivity contribution in [3.05, 3.63) is 133 Å². The number of carbonyl (C=O) groups is 2. The Kier molecular flexibility index (Phi) is 8.35. The fourth-order valence-corrected chi connectivity index (χ4v) is 3.88. The number of benzene rings is 2. The Bertz CT molecular complexity index is 1490. The number of nitrogens with one attached hydrogen (secondary N) is 1. The second kappa shape index (κ2) is 12.2. The van der Waals surface area contributed by atoms with Gasteiger partial charge in [-0.1, -0.05) is 61.2 Å². The summed E-state index contributed by atoms with van der Waals surface area (Å²) in [5.74, 6) is -1.04. The summed E-state index contributed by atoms with van der Waals surface area (Å²) in [6, 6.07) is 19.4. The molecule has 192 valence electrons. The molecule has 0 aliphatic heterocycles. The van der Waals surface area contributed by atoms with Crippen LogP contribution in [-0.4, -0.2) is 32.4 Å². The number of carboxylic acid groups (broad SMARTS) is 1. The van der Waals surface area contributed by atoms with Gasteiger partial charge in [0.05, 0.1) is 0 Å².